The number of sulfonamides is 1. The second kappa shape index (κ2) is 5.57. The third-order valence-corrected chi connectivity index (χ3v) is 5.33. The third-order valence-electron chi connectivity index (χ3n) is 3.37. The number of hydrogen-bond acceptors (Lipinski definition) is 4. The van der Waals surface area contributed by atoms with Crippen molar-refractivity contribution in [3.63, 3.8) is 0 Å². The van der Waals surface area contributed by atoms with Crippen LogP contribution in [0.2, 0.25) is 0 Å². The van der Waals surface area contributed by atoms with E-state index in [2.05, 4.69) is 0 Å². The summed E-state index contributed by atoms with van der Waals surface area (Å²) in [4.78, 5) is 10.3. The van der Waals surface area contributed by atoms with E-state index in [0.717, 1.165) is 16.4 Å². The van der Waals surface area contributed by atoms with Gasteiger partial charge in [0.25, 0.3) is 0 Å². The molecule has 0 bridgehead atoms. The van der Waals surface area contributed by atoms with E-state index in [0.29, 0.717) is 12.8 Å². The molecule has 21 heavy (non-hydrogen) atoms. The number of rotatable bonds is 3. The van der Waals surface area contributed by atoms with Crippen LogP contribution in [-0.2, 0) is 14.8 Å². The van der Waals surface area contributed by atoms with Crippen LogP contribution in [0.15, 0.2) is 17.0 Å². The fourth-order valence-electron chi connectivity index (χ4n) is 2.42. The van der Waals surface area contributed by atoms with E-state index in [4.69, 9.17) is 11.5 Å². The first kappa shape index (κ1) is 15.6. The molecule has 0 spiro atoms. The first-order chi connectivity index (χ1) is 9.75. The molecule has 1 unspecified atom stereocenters. The smallest absolute Gasteiger partial charge is 0.249 e. The third kappa shape index (κ3) is 2.84. The maximum Gasteiger partial charge on any atom is 0.249 e. The Morgan fingerprint density at radius 2 is 1.81 bits per heavy atom. The summed E-state index contributed by atoms with van der Waals surface area (Å²) in [7, 11) is -4.51. The van der Waals surface area contributed by atoms with Gasteiger partial charge in [0, 0.05) is 12.2 Å². The highest BCUT2D eigenvalue weighted by Crippen LogP contribution is 2.29. The number of nitrogens with two attached hydrogens (primary N) is 2. The van der Waals surface area contributed by atoms with Gasteiger partial charge in [-0.25, -0.2) is 17.2 Å². The van der Waals surface area contributed by atoms with Crippen molar-refractivity contribution < 1.29 is 22.0 Å². The molecule has 0 radical (unpaired) electrons. The van der Waals surface area contributed by atoms with Crippen LogP contribution in [0.4, 0.5) is 14.5 Å². The van der Waals surface area contributed by atoms with Gasteiger partial charge in [-0.3, -0.25) is 4.79 Å². The van der Waals surface area contributed by atoms with E-state index in [1.807, 2.05) is 0 Å². The molecule has 4 N–H and O–H groups in total. The molecule has 1 aliphatic heterocycles. The number of benzene rings is 1. The SMILES string of the molecule is NC(=O)C1CCCCN1S(=O)(=O)c1c(F)cc(N)cc1F. The minimum Gasteiger partial charge on any atom is -0.399 e. The predicted octanol–water partition coefficient (Wildman–Crippen LogP) is 0.575. The molecule has 1 atom stereocenters. The molecule has 1 heterocycles. The molecule has 1 saturated heterocycles. The molecule has 0 aromatic heterocycles. The van der Waals surface area contributed by atoms with Crippen LogP contribution >= 0.6 is 0 Å². The second-order valence-electron chi connectivity index (χ2n) is 4.84. The maximum atomic E-state index is 13.8. The number of nitrogens with zero attached hydrogens (tertiary/aromatic N) is 1. The zero-order valence-electron chi connectivity index (χ0n) is 11.1. The highest BCUT2D eigenvalue weighted by Gasteiger charge is 2.39. The highest BCUT2D eigenvalue weighted by atomic mass is 32.2. The van der Waals surface area contributed by atoms with Gasteiger partial charge in [0.2, 0.25) is 15.9 Å². The summed E-state index contributed by atoms with van der Waals surface area (Å²) < 4.78 is 53.4. The van der Waals surface area contributed by atoms with Gasteiger partial charge < -0.3 is 11.5 Å². The second-order valence-corrected chi connectivity index (χ2v) is 6.67. The number of primary amides is 1. The molecule has 0 saturated carbocycles. The van der Waals surface area contributed by atoms with Crippen LogP contribution in [-0.4, -0.2) is 31.2 Å². The van der Waals surface area contributed by atoms with Crippen LogP contribution < -0.4 is 11.5 Å². The predicted molar refractivity (Wildman–Crippen MR) is 71.5 cm³/mol. The Labute approximate surface area is 120 Å². The van der Waals surface area contributed by atoms with Gasteiger partial charge in [-0.2, -0.15) is 4.31 Å². The summed E-state index contributed by atoms with van der Waals surface area (Å²) in [6, 6.07) is 0.346. The van der Waals surface area contributed by atoms with E-state index < -0.39 is 38.5 Å². The lowest BCUT2D eigenvalue weighted by atomic mass is 10.0. The van der Waals surface area contributed by atoms with Crippen LogP contribution in [0.25, 0.3) is 0 Å². The van der Waals surface area contributed by atoms with Crippen LogP contribution in [0.1, 0.15) is 19.3 Å². The minimum atomic E-state index is -4.51. The number of halogens is 2. The van der Waals surface area contributed by atoms with Crippen LogP contribution in [0.5, 0.6) is 0 Å². The van der Waals surface area contributed by atoms with Crippen molar-refractivity contribution in [1.82, 2.24) is 4.31 Å². The summed E-state index contributed by atoms with van der Waals surface area (Å²) in [6.45, 7) is -0.0147. The number of carbonyl (C=O) groups excluding carboxylic acids is 1. The van der Waals surface area contributed by atoms with Crippen molar-refractivity contribution in [2.24, 2.45) is 5.73 Å². The number of amides is 1. The molecule has 1 fully saturated rings. The summed E-state index contributed by atoms with van der Waals surface area (Å²) in [5.74, 6) is -3.42. The maximum absolute atomic E-state index is 13.8. The van der Waals surface area contributed by atoms with Gasteiger partial charge in [0.15, 0.2) is 4.90 Å². The number of hydrogen-bond donors (Lipinski definition) is 2. The van der Waals surface area contributed by atoms with E-state index in [1.54, 1.807) is 0 Å². The van der Waals surface area contributed by atoms with Gasteiger partial charge in [-0.1, -0.05) is 6.42 Å². The Morgan fingerprint density at radius 3 is 2.33 bits per heavy atom. The fourth-order valence-corrected chi connectivity index (χ4v) is 4.18. The normalized spacial score (nSPS) is 20.4. The van der Waals surface area contributed by atoms with Crippen molar-refractivity contribution in [2.45, 2.75) is 30.2 Å². The zero-order chi connectivity index (χ0) is 15.8. The average Bonchev–Trinajstić information content (AvgIpc) is 2.37. The first-order valence-corrected chi connectivity index (χ1v) is 7.75. The zero-order valence-corrected chi connectivity index (χ0v) is 11.9. The van der Waals surface area contributed by atoms with Gasteiger partial charge >= 0.3 is 0 Å². The molecule has 1 aromatic rings. The molecular formula is C12H15F2N3O3S. The summed E-state index contributed by atoms with van der Waals surface area (Å²) in [6.07, 6.45) is 1.33. The lowest BCUT2D eigenvalue weighted by Crippen LogP contribution is -2.50. The molecule has 6 nitrogen and oxygen atoms in total. The van der Waals surface area contributed by atoms with Crippen molar-refractivity contribution >= 4 is 21.6 Å². The highest BCUT2D eigenvalue weighted by molar-refractivity contribution is 7.89. The van der Waals surface area contributed by atoms with Gasteiger partial charge in [-0.05, 0) is 25.0 Å². The molecule has 116 valence electrons. The lowest BCUT2D eigenvalue weighted by Gasteiger charge is -2.32. The Hall–Kier alpha value is -1.74. The quantitative estimate of drug-likeness (QED) is 0.794. The Kier molecular flexibility index (Phi) is 4.15. The van der Waals surface area contributed by atoms with E-state index >= 15 is 0 Å². The number of piperidine rings is 1. The largest absolute Gasteiger partial charge is 0.399 e. The summed E-state index contributed by atoms with van der Waals surface area (Å²) in [5, 5.41) is 0. The van der Waals surface area contributed by atoms with Crippen LogP contribution in [0.3, 0.4) is 0 Å². The summed E-state index contributed by atoms with van der Waals surface area (Å²) in [5.41, 5.74) is 10.2. The molecule has 2 rings (SSSR count). The van der Waals surface area contributed by atoms with Crippen molar-refractivity contribution in [2.75, 3.05) is 12.3 Å². The molecule has 9 heteroatoms. The average molecular weight is 319 g/mol. The minimum absolute atomic E-state index is 0.0147. The van der Waals surface area contributed by atoms with Crippen LogP contribution in [0, 0.1) is 11.6 Å². The molecule has 1 aromatic carbocycles. The van der Waals surface area contributed by atoms with Gasteiger partial charge in [-0.15, -0.1) is 0 Å². The van der Waals surface area contributed by atoms with E-state index in [-0.39, 0.29) is 18.7 Å². The molecule has 1 amide bonds. The fraction of sp³-hybridized carbons (Fsp3) is 0.417. The van der Waals surface area contributed by atoms with Crippen molar-refractivity contribution in [3.05, 3.63) is 23.8 Å². The lowest BCUT2D eigenvalue weighted by molar-refractivity contribution is -0.122. The topological polar surface area (TPSA) is 106 Å². The summed E-state index contributed by atoms with van der Waals surface area (Å²) >= 11 is 0. The Bertz CT molecular complexity index is 655. The molecule has 0 aliphatic carbocycles. The van der Waals surface area contributed by atoms with Crippen molar-refractivity contribution in [1.29, 1.82) is 0 Å². The first-order valence-electron chi connectivity index (χ1n) is 6.31. The number of anilines is 1. The van der Waals surface area contributed by atoms with Crippen molar-refractivity contribution in [3.8, 4) is 0 Å². The van der Waals surface area contributed by atoms with Gasteiger partial charge in [0.05, 0.1) is 0 Å². The van der Waals surface area contributed by atoms with E-state index in [9.17, 15) is 22.0 Å². The van der Waals surface area contributed by atoms with E-state index in [1.165, 1.54) is 0 Å². The Morgan fingerprint density at radius 1 is 1.24 bits per heavy atom. The monoisotopic (exact) mass is 319 g/mol. The Balaban J connectivity index is 2.53. The standard InChI is InChI=1S/C12H15F2N3O3S/c13-8-5-7(15)6-9(14)11(8)21(19,20)17-4-2-1-3-10(17)12(16)18/h5-6,10H,1-4,15H2,(H2,16,18). The number of nitrogen functional groups attached to an aromatic ring is 1. The molecular weight excluding hydrogens is 304 g/mol. The van der Waals surface area contributed by atoms with Gasteiger partial charge in [0.1, 0.15) is 17.7 Å². The number of carbonyl (C=O) groups is 1. The molecule has 1 aliphatic rings.